The molecule has 8 N–H and O–H groups in total. The second-order valence-corrected chi connectivity index (χ2v) is 10.6. The molecule has 0 aromatic carbocycles. The number of hydrogen-bond acceptors (Lipinski definition) is 11. The highest BCUT2D eigenvalue weighted by Crippen LogP contribution is 2.18. The van der Waals surface area contributed by atoms with Crippen molar-refractivity contribution in [3.63, 3.8) is 0 Å². The Morgan fingerprint density at radius 2 is 1.21 bits per heavy atom. The van der Waals surface area contributed by atoms with Crippen LogP contribution in [0.25, 0.3) is 0 Å². The summed E-state index contributed by atoms with van der Waals surface area (Å²) < 4.78 is 0. The standard InChI is InChI=1S/C24H38N8O9S2/c25-13(11-42)21(38)27-8-18(34)31-5-1-3-15(31)23(40)26-7-17(33)30-14(12-43)22(39)28-9-19(35)32-6-2-4-16(32)24(41)29-10-20(36)37/h13-16,42-43H,1-12,25H2,(H,26,40)(H,27,38)(H,28,39)(H,29,41)(H,30,33)(H,36,37). The first-order valence-electron chi connectivity index (χ1n) is 13.6. The summed E-state index contributed by atoms with van der Waals surface area (Å²) in [7, 11) is 0. The lowest BCUT2D eigenvalue weighted by Gasteiger charge is -2.25. The molecule has 19 heteroatoms. The Hall–Kier alpha value is -3.58. The highest BCUT2D eigenvalue weighted by atomic mass is 32.1. The molecule has 2 aliphatic heterocycles. The zero-order valence-electron chi connectivity index (χ0n) is 23.4. The van der Waals surface area contributed by atoms with Crippen molar-refractivity contribution in [1.82, 2.24) is 36.4 Å². The van der Waals surface area contributed by atoms with Crippen molar-refractivity contribution < 1.29 is 43.5 Å². The number of carbonyl (C=O) groups is 8. The molecule has 4 unspecified atom stereocenters. The summed E-state index contributed by atoms with van der Waals surface area (Å²) in [6, 6.07) is -3.72. The molecule has 7 amide bonds. The van der Waals surface area contributed by atoms with E-state index in [-0.39, 0.29) is 24.6 Å². The summed E-state index contributed by atoms with van der Waals surface area (Å²) in [5.74, 6) is -5.46. The van der Waals surface area contributed by atoms with Crippen molar-refractivity contribution in [2.45, 2.75) is 49.9 Å². The molecule has 2 fully saturated rings. The van der Waals surface area contributed by atoms with E-state index < -0.39 is 91.1 Å². The van der Waals surface area contributed by atoms with Crippen LogP contribution in [0.1, 0.15) is 25.7 Å². The number of thiol groups is 2. The molecule has 0 aromatic rings. The maximum absolute atomic E-state index is 12.7. The topological polar surface area (TPSA) is 249 Å². The number of carboxylic acids is 1. The van der Waals surface area contributed by atoms with E-state index in [1.54, 1.807) is 0 Å². The van der Waals surface area contributed by atoms with Crippen molar-refractivity contribution >= 4 is 72.6 Å². The number of amides is 7. The number of nitrogens with two attached hydrogens (primary N) is 1. The maximum atomic E-state index is 12.7. The fraction of sp³-hybridized carbons (Fsp3) is 0.667. The highest BCUT2D eigenvalue weighted by Gasteiger charge is 2.35. The molecule has 240 valence electrons. The molecule has 2 saturated heterocycles. The molecule has 2 heterocycles. The molecule has 2 aliphatic rings. The van der Waals surface area contributed by atoms with Crippen LogP contribution in [-0.2, 0) is 38.4 Å². The Kier molecular flexibility index (Phi) is 14.5. The normalized spacial score (nSPS) is 19.1. The monoisotopic (exact) mass is 646 g/mol. The lowest BCUT2D eigenvalue weighted by molar-refractivity contribution is -0.141. The fourth-order valence-electron chi connectivity index (χ4n) is 4.55. The summed E-state index contributed by atoms with van der Waals surface area (Å²) >= 11 is 7.99. The Bertz CT molecular complexity index is 1100. The maximum Gasteiger partial charge on any atom is 0.322 e. The number of nitrogens with one attached hydrogen (secondary N) is 5. The molecule has 43 heavy (non-hydrogen) atoms. The predicted octanol–water partition coefficient (Wildman–Crippen LogP) is -4.81. The second kappa shape index (κ2) is 17.5. The molecule has 0 saturated carbocycles. The van der Waals surface area contributed by atoms with Crippen LogP contribution in [0.5, 0.6) is 0 Å². The minimum Gasteiger partial charge on any atom is -0.480 e. The van der Waals surface area contributed by atoms with E-state index in [0.29, 0.717) is 32.2 Å². The van der Waals surface area contributed by atoms with Gasteiger partial charge in [-0.3, -0.25) is 38.4 Å². The molecule has 0 aliphatic carbocycles. The smallest absolute Gasteiger partial charge is 0.322 e. The van der Waals surface area contributed by atoms with Crippen molar-refractivity contribution in [2.24, 2.45) is 5.73 Å². The van der Waals surface area contributed by atoms with E-state index in [9.17, 15) is 38.4 Å². The lowest BCUT2D eigenvalue weighted by atomic mass is 10.2. The van der Waals surface area contributed by atoms with Gasteiger partial charge in [0.05, 0.1) is 25.7 Å². The summed E-state index contributed by atoms with van der Waals surface area (Å²) in [6.07, 6.45) is 1.78. The lowest BCUT2D eigenvalue weighted by Crippen LogP contribution is -2.54. The highest BCUT2D eigenvalue weighted by molar-refractivity contribution is 7.80. The van der Waals surface area contributed by atoms with Gasteiger partial charge in [-0.1, -0.05) is 0 Å². The van der Waals surface area contributed by atoms with Crippen molar-refractivity contribution in [3.8, 4) is 0 Å². The van der Waals surface area contributed by atoms with Gasteiger partial charge >= 0.3 is 5.97 Å². The minimum atomic E-state index is -1.22. The summed E-state index contributed by atoms with van der Waals surface area (Å²) in [4.78, 5) is 100. The van der Waals surface area contributed by atoms with Crippen molar-refractivity contribution in [1.29, 1.82) is 0 Å². The van der Waals surface area contributed by atoms with Crippen LogP contribution in [0.4, 0.5) is 0 Å². The van der Waals surface area contributed by atoms with E-state index in [2.05, 4.69) is 51.8 Å². The van der Waals surface area contributed by atoms with Crippen LogP contribution in [0.3, 0.4) is 0 Å². The first-order chi connectivity index (χ1) is 20.4. The minimum absolute atomic E-state index is 0.0986. The number of nitrogens with zero attached hydrogens (tertiary/aromatic N) is 2. The third kappa shape index (κ3) is 10.9. The first kappa shape index (κ1) is 35.6. The average Bonchev–Trinajstić information content (AvgIpc) is 3.69. The number of hydrogen-bond donors (Lipinski definition) is 9. The van der Waals surface area contributed by atoms with Gasteiger partial charge in [-0.15, -0.1) is 0 Å². The molecule has 17 nitrogen and oxygen atoms in total. The van der Waals surface area contributed by atoms with E-state index in [0.717, 1.165) is 0 Å². The first-order valence-corrected chi connectivity index (χ1v) is 14.8. The average molecular weight is 647 g/mol. The Balaban J connectivity index is 1.79. The van der Waals surface area contributed by atoms with Crippen LogP contribution < -0.4 is 32.3 Å². The van der Waals surface area contributed by atoms with Gasteiger partial charge in [0.1, 0.15) is 24.7 Å². The van der Waals surface area contributed by atoms with Crippen LogP contribution >= 0.6 is 25.3 Å². The van der Waals surface area contributed by atoms with Gasteiger partial charge in [-0.05, 0) is 25.7 Å². The van der Waals surface area contributed by atoms with Gasteiger partial charge in [0.15, 0.2) is 0 Å². The Labute approximate surface area is 258 Å². The molecular formula is C24H38N8O9S2. The molecular weight excluding hydrogens is 608 g/mol. The predicted molar refractivity (Wildman–Crippen MR) is 157 cm³/mol. The number of likely N-dealkylation sites (tertiary alicyclic amines) is 2. The number of aliphatic carboxylic acids is 1. The van der Waals surface area contributed by atoms with Gasteiger partial charge in [0.2, 0.25) is 41.4 Å². The molecule has 0 radical (unpaired) electrons. The fourth-order valence-corrected chi connectivity index (χ4v) is 4.97. The largest absolute Gasteiger partial charge is 0.480 e. The summed E-state index contributed by atoms with van der Waals surface area (Å²) in [5.41, 5.74) is 5.56. The zero-order chi connectivity index (χ0) is 32.1. The van der Waals surface area contributed by atoms with Gasteiger partial charge < -0.3 is 47.2 Å². The van der Waals surface area contributed by atoms with Crippen molar-refractivity contribution in [2.75, 3.05) is 50.8 Å². The molecule has 4 atom stereocenters. The second-order valence-electron chi connectivity index (χ2n) is 9.85. The zero-order valence-corrected chi connectivity index (χ0v) is 25.2. The van der Waals surface area contributed by atoms with Crippen LogP contribution in [0.15, 0.2) is 0 Å². The van der Waals surface area contributed by atoms with Crippen LogP contribution in [0, 0.1) is 0 Å². The van der Waals surface area contributed by atoms with Crippen LogP contribution in [-0.4, -0.2) is 137 Å². The van der Waals surface area contributed by atoms with E-state index in [4.69, 9.17) is 10.8 Å². The molecule has 0 bridgehead atoms. The number of rotatable bonds is 15. The van der Waals surface area contributed by atoms with E-state index in [1.807, 2.05) is 0 Å². The van der Waals surface area contributed by atoms with Crippen molar-refractivity contribution in [3.05, 3.63) is 0 Å². The van der Waals surface area contributed by atoms with Gasteiger partial charge in [-0.2, -0.15) is 25.3 Å². The Morgan fingerprint density at radius 1 is 0.721 bits per heavy atom. The summed E-state index contributed by atoms with van der Waals surface area (Å²) in [5, 5.41) is 20.6. The number of carboxylic acid groups (broad SMARTS) is 1. The number of carbonyl (C=O) groups excluding carboxylic acids is 7. The van der Waals surface area contributed by atoms with Gasteiger partial charge in [-0.25, -0.2) is 0 Å². The molecule has 2 rings (SSSR count). The third-order valence-electron chi connectivity index (χ3n) is 6.78. The molecule has 0 spiro atoms. The quantitative estimate of drug-likeness (QED) is 0.0768. The summed E-state index contributed by atoms with van der Waals surface area (Å²) in [6.45, 7) is -1.34. The van der Waals surface area contributed by atoms with E-state index >= 15 is 0 Å². The Morgan fingerprint density at radius 3 is 1.67 bits per heavy atom. The van der Waals surface area contributed by atoms with E-state index in [1.165, 1.54) is 9.80 Å². The van der Waals surface area contributed by atoms with Crippen LogP contribution in [0.2, 0.25) is 0 Å². The van der Waals surface area contributed by atoms with Gasteiger partial charge in [0, 0.05) is 24.6 Å². The molecule has 0 aromatic heterocycles. The third-order valence-corrected chi connectivity index (χ3v) is 7.54. The SMILES string of the molecule is NC(CS)C(=O)NCC(=O)N1CCCC1C(=O)NCC(=O)NC(CS)C(=O)NCC(=O)N1CCCC1C(=O)NCC(=O)O. The van der Waals surface area contributed by atoms with Gasteiger partial charge in [0.25, 0.3) is 0 Å².